The Hall–Kier alpha value is -2.41. The topological polar surface area (TPSA) is 100 Å². The van der Waals surface area contributed by atoms with Crippen LogP contribution >= 0.6 is 0 Å². The molecular formula is C15H18N4O3. The second-order valence-electron chi connectivity index (χ2n) is 5.45. The van der Waals surface area contributed by atoms with Crippen molar-refractivity contribution < 1.29 is 14.3 Å². The van der Waals surface area contributed by atoms with E-state index in [-0.39, 0.29) is 23.7 Å². The maximum absolute atomic E-state index is 11.9. The zero-order valence-electron chi connectivity index (χ0n) is 12.2. The highest BCUT2D eigenvalue weighted by molar-refractivity contribution is 6.02. The Morgan fingerprint density at radius 1 is 1.41 bits per heavy atom. The minimum atomic E-state index is -0.335. The third kappa shape index (κ3) is 3.43. The van der Waals surface area contributed by atoms with Gasteiger partial charge in [-0.25, -0.2) is 9.97 Å². The molecule has 0 bridgehead atoms. The molecule has 0 radical (unpaired) electrons. The number of hydrogen-bond acceptors (Lipinski definition) is 6. The van der Waals surface area contributed by atoms with Crippen molar-refractivity contribution >= 4 is 17.4 Å². The molecule has 0 saturated heterocycles. The minimum absolute atomic E-state index is 0.220. The van der Waals surface area contributed by atoms with Gasteiger partial charge in [-0.15, -0.1) is 0 Å². The number of pyridine rings is 1. The summed E-state index contributed by atoms with van der Waals surface area (Å²) in [6.07, 6.45) is 5.18. The Labute approximate surface area is 127 Å². The number of aliphatic hydroxyl groups is 1. The van der Waals surface area contributed by atoms with E-state index in [1.807, 2.05) is 0 Å². The van der Waals surface area contributed by atoms with Crippen molar-refractivity contribution in [3.63, 3.8) is 0 Å². The van der Waals surface area contributed by atoms with E-state index in [1.165, 1.54) is 6.26 Å². The van der Waals surface area contributed by atoms with Gasteiger partial charge in [-0.1, -0.05) is 0 Å². The lowest BCUT2D eigenvalue weighted by Crippen LogP contribution is -2.17. The van der Waals surface area contributed by atoms with E-state index in [9.17, 15) is 9.90 Å². The third-order valence-electron chi connectivity index (χ3n) is 3.63. The average Bonchev–Trinajstić information content (AvgIpc) is 3.10. The van der Waals surface area contributed by atoms with Crippen LogP contribution in [-0.4, -0.2) is 33.1 Å². The molecule has 1 amide bonds. The second-order valence-corrected chi connectivity index (χ2v) is 5.45. The van der Waals surface area contributed by atoms with Crippen molar-refractivity contribution in [3.8, 4) is 0 Å². The lowest BCUT2D eigenvalue weighted by Gasteiger charge is -2.13. The number of hydrogen-bond donors (Lipinski definition) is 3. The Kier molecular flexibility index (Phi) is 4.06. The molecule has 2 aromatic rings. The number of aryl methyl sites for hydroxylation is 1. The van der Waals surface area contributed by atoms with Crippen LogP contribution < -0.4 is 10.6 Å². The fraction of sp³-hybridized carbons (Fsp3) is 0.400. The van der Waals surface area contributed by atoms with E-state index >= 15 is 0 Å². The maximum atomic E-state index is 11.9. The van der Waals surface area contributed by atoms with Crippen molar-refractivity contribution in [2.45, 2.75) is 38.3 Å². The van der Waals surface area contributed by atoms with Crippen LogP contribution in [0.1, 0.15) is 35.6 Å². The summed E-state index contributed by atoms with van der Waals surface area (Å²) in [5, 5.41) is 15.5. The predicted octanol–water partition coefficient (Wildman–Crippen LogP) is 1.96. The Balaban J connectivity index is 1.58. The number of aromatic nitrogens is 2. The average molecular weight is 302 g/mol. The van der Waals surface area contributed by atoms with Gasteiger partial charge < -0.3 is 20.2 Å². The molecule has 0 spiro atoms. The lowest BCUT2D eigenvalue weighted by atomic mass is 10.2. The van der Waals surface area contributed by atoms with Crippen LogP contribution in [0.3, 0.4) is 0 Å². The normalized spacial score (nSPS) is 20.8. The van der Waals surface area contributed by atoms with E-state index in [0.717, 1.165) is 25.1 Å². The van der Waals surface area contributed by atoms with E-state index in [1.54, 1.807) is 25.3 Å². The predicted molar refractivity (Wildman–Crippen MR) is 80.7 cm³/mol. The van der Waals surface area contributed by atoms with Gasteiger partial charge in [0.15, 0.2) is 11.6 Å². The van der Waals surface area contributed by atoms with E-state index < -0.39 is 0 Å². The van der Waals surface area contributed by atoms with Gasteiger partial charge in [0.2, 0.25) is 0 Å². The van der Waals surface area contributed by atoms with E-state index in [4.69, 9.17) is 4.42 Å². The number of amides is 1. The molecule has 2 heterocycles. The number of carbonyl (C=O) groups is 1. The summed E-state index contributed by atoms with van der Waals surface area (Å²) < 4.78 is 5.01. The molecule has 2 aromatic heterocycles. The summed E-state index contributed by atoms with van der Waals surface area (Å²) in [6.45, 7) is 1.68. The fourth-order valence-electron chi connectivity index (χ4n) is 2.51. The molecule has 0 unspecified atom stereocenters. The highest BCUT2D eigenvalue weighted by Gasteiger charge is 2.22. The van der Waals surface area contributed by atoms with Crippen LogP contribution in [0.5, 0.6) is 0 Å². The number of nitrogens with zero attached hydrogens (tertiary/aromatic N) is 2. The van der Waals surface area contributed by atoms with Crippen LogP contribution in [0.25, 0.3) is 0 Å². The van der Waals surface area contributed by atoms with Gasteiger partial charge in [-0.05, 0) is 31.4 Å². The van der Waals surface area contributed by atoms with Crippen molar-refractivity contribution in [2.24, 2.45) is 0 Å². The fourth-order valence-corrected chi connectivity index (χ4v) is 2.51. The first-order chi connectivity index (χ1) is 10.6. The molecule has 1 aliphatic rings. The molecule has 3 rings (SSSR count). The van der Waals surface area contributed by atoms with Gasteiger partial charge in [0.1, 0.15) is 12.1 Å². The van der Waals surface area contributed by atoms with Gasteiger partial charge in [0.05, 0.1) is 18.0 Å². The molecule has 1 saturated carbocycles. The molecular weight excluding hydrogens is 284 g/mol. The molecule has 116 valence electrons. The van der Waals surface area contributed by atoms with Gasteiger partial charge in [0.25, 0.3) is 5.91 Å². The van der Waals surface area contributed by atoms with Crippen LogP contribution in [0.4, 0.5) is 11.5 Å². The summed E-state index contributed by atoms with van der Waals surface area (Å²) in [6, 6.07) is 3.82. The number of rotatable bonds is 4. The highest BCUT2D eigenvalue weighted by atomic mass is 16.3. The van der Waals surface area contributed by atoms with Crippen LogP contribution in [0.15, 0.2) is 29.0 Å². The summed E-state index contributed by atoms with van der Waals surface area (Å²) in [4.78, 5) is 20.2. The smallest absolute Gasteiger partial charge is 0.277 e. The Morgan fingerprint density at radius 2 is 2.27 bits per heavy atom. The molecule has 22 heavy (non-hydrogen) atoms. The number of nitrogens with one attached hydrogen (secondary N) is 2. The summed E-state index contributed by atoms with van der Waals surface area (Å²) in [5.74, 6) is 0.842. The Bertz CT molecular complexity index is 653. The van der Waals surface area contributed by atoms with Crippen molar-refractivity contribution in [1.29, 1.82) is 0 Å². The lowest BCUT2D eigenvalue weighted by molar-refractivity contribution is 0.102. The van der Waals surface area contributed by atoms with Crippen molar-refractivity contribution in [3.05, 3.63) is 36.2 Å². The molecule has 7 nitrogen and oxygen atoms in total. The Morgan fingerprint density at radius 3 is 2.86 bits per heavy atom. The van der Waals surface area contributed by atoms with Gasteiger partial charge in [0, 0.05) is 13.0 Å². The molecule has 3 N–H and O–H groups in total. The SMILES string of the molecule is Cc1nc(C(=O)Nc2ccc(N[C@H]3CC[C@H](O)C3)nc2)co1. The number of anilines is 2. The zero-order chi connectivity index (χ0) is 15.5. The largest absolute Gasteiger partial charge is 0.448 e. The summed E-state index contributed by atoms with van der Waals surface area (Å²) in [7, 11) is 0. The monoisotopic (exact) mass is 302 g/mol. The third-order valence-corrected chi connectivity index (χ3v) is 3.63. The molecule has 0 aromatic carbocycles. The second kappa shape index (κ2) is 6.15. The standard InChI is InChI=1S/C15H18N4O3/c1-9-17-13(8-22-9)15(21)19-11-3-5-14(16-7-11)18-10-2-4-12(20)6-10/h3,5,7-8,10,12,20H,2,4,6H2,1H3,(H,16,18)(H,19,21)/t10-,12-/m0/s1. The van der Waals surface area contributed by atoms with Crippen molar-refractivity contribution in [1.82, 2.24) is 9.97 Å². The van der Waals surface area contributed by atoms with Gasteiger partial charge in [-0.2, -0.15) is 0 Å². The minimum Gasteiger partial charge on any atom is -0.448 e. The molecule has 1 fully saturated rings. The quantitative estimate of drug-likeness (QED) is 0.798. The number of oxazole rings is 1. The van der Waals surface area contributed by atoms with E-state index in [0.29, 0.717) is 11.6 Å². The molecule has 7 heteroatoms. The van der Waals surface area contributed by atoms with E-state index in [2.05, 4.69) is 20.6 Å². The van der Waals surface area contributed by atoms with Crippen LogP contribution in [0, 0.1) is 6.92 Å². The first-order valence-corrected chi connectivity index (χ1v) is 7.24. The van der Waals surface area contributed by atoms with Crippen molar-refractivity contribution in [2.75, 3.05) is 10.6 Å². The zero-order valence-corrected chi connectivity index (χ0v) is 12.2. The number of aliphatic hydroxyl groups excluding tert-OH is 1. The van der Waals surface area contributed by atoms with Gasteiger partial charge in [-0.3, -0.25) is 4.79 Å². The number of carbonyl (C=O) groups excluding carboxylic acids is 1. The summed E-state index contributed by atoms with van der Waals surface area (Å²) >= 11 is 0. The first-order valence-electron chi connectivity index (χ1n) is 7.24. The molecule has 0 aliphatic heterocycles. The highest BCUT2D eigenvalue weighted by Crippen LogP contribution is 2.22. The molecule has 2 atom stereocenters. The van der Waals surface area contributed by atoms with Crippen LogP contribution in [-0.2, 0) is 0 Å². The maximum Gasteiger partial charge on any atom is 0.277 e. The van der Waals surface area contributed by atoms with Gasteiger partial charge >= 0.3 is 0 Å². The molecule has 1 aliphatic carbocycles. The van der Waals surface area contributed by atoms with Crippen LogP contribution in [0.2, 0.25) is 0 Å². The summed E-state index contributed by atoms with van der Waals surface area (Å²) in [5.41, 5.74) is 0.822. The first kappa shape index (κ1) is 14.5.